The van der Waals surface area contributed by atoms with Crippen LogP contribution in [0.5, 0.6) is 5.75 Å². The second-order valence-electron chi connectivity index (χ2n) is 20.6. The Bertz CT molecular complexity index is 2850. The van der Waals surface area contributed by atoms with Gasteiger partial charge in [-0.3, -0.25) is 24.0 Å². The lowest BCUT2D eigenvalue weighted by Crippen LogP contribution is -2.59. The zero-order chi connectivity index (χ0) is 55.7. The summed E-state index contributed by atoms with van der Waals surface area (Å²) in [7, 11) is -2.73. The molecule has 0 spiro atoms. The summed E-state index contributed by atoms with van der Waals surface area (Å²) in [5.74, 6) is -3.97. The van der Waals surface area contributed by atoms with Crippen LogP contribution in [0, 0.1) is 5.92 Å². The van der Waals surface area contributed by atoms with E-state index in [1.165, 1.54) is 6.92 Å². The number of amides is 6. The Morgan fingerprint density at radius 3 is 1.86 bits per heavy atom. The summed E-state index contributed by atoms with van der Waals surface area (Å²) in [6, 6.07) is 34.0. The predicted octanol–water partition coefficient (Wildman–Crippen LogP) is 7.85. The van der Waals surface area contributed by atoms with Crippen molar-refractivity contribution >= 4 is 61.5 Å². The monoisotopic (exact) mass is 1090 g/mol. The van der Waals surface area contributed by atoms with Gasteiger partial charge in [0.2, 0.25) is 23.6 Å². The van der Waals surface area contributed by atoms with Crippen molar-refractivity contribution < 1.29 is 52.2 Å². The number of benzene rings is 5. The van der Waals surface area contributed by atoms with Gasteiger partial charge in [0.25, 0.3) is 0 Å². The standard InChI is InChI=1S/C58H69ClN6O11Si/c1-37(52(60)67)26-45(66)32-61-53(68)48-29-43-27-41(22-24-47(43)59)42-23-25-51(73-34-38-16-10-7-11-17-38)44(28-42)30-49(65-57(72)75-36-40-20-14-9-15-21-40)54(69)64-50(55(70)63-48)31-46(76-77(5,6)58(2,3)4)33-62-56(71)74-35-39-18-12-8-13-19-39/h7-25,27-28,37,46,48-50H,26,29-36H2,1-6H3,(H2,60,67)(H,61,68)(H,62,71)(H,63,70)(H,64,69)(H,65,72)/t37-,46-,48+,49+,50+/m1/s1. The van der Waals surface area contributed by atoms with Crippen LogP contribution >= 0.6 is 11.6 Å². The average Bonchev–Trinajstić information content (AvgIpc) is 3.40. The number of rotatable bonds is 20. The van der Waals surface area contributed by atoms with E-state index >= 15 is 9.59 Å². The van der Waals surface area contributed by atoms with E-state index in [0.717, 1.165) is 11.1 Å². The minimum atomic E-state index is -2.73. The van der Waals surface area contributed by atoms with Crippen LogP contribution in [0.15, 0.2) is 127 Å². The van der Waals surface area contributed by atoms with Crippen molar-refractivity contribution in [3.8, 4) is 16.9 Å². The summed E-state index contributed by atoms with van der Waals surface area (Å²) < 4.78 is 24.5. The molecule has 6 rings (SSSR count). The smallest absolute Gasteiger partial charge is 0.408 e. The summed E-state index contributed by atoms with van der Waals surface area (Å²) >= 11 is 6.87. The topological polar surface area (TPSA) is 243 Å². The molecule has 77 heavy (non-hydrogen) atoms. The summed E-state index contributed by atoms with van der Waals surface area (Å²) in [4.78, 5) is 96.5. The van der Waals surface area contributed by atoms with E-state index in [0.29, 0.717) is 33.6 Å². The van der Waals surface area contributed by atoms with Gasteiger partial charge in [-0.25, -0.2) is 9.59 Å². The van der Waals surface area contributed by atoms with Gasteiger partial charge in [0.05, 0.1) is 12.6 Å². The van der Waals surface area contributed by atoms with E-state index in [1.807, 2.05) is 113 Å². The maximum atomic E-state index is 15.1. The second kappa shape index (κ2) is 27.5. The highest BCUT2D eigenvalue weighted by Gasteiger charge is 2.41. The number of nitrogens with one attached hydrogen (secondary N) is 5. The first-order valence-electron chi connectivity index (χ1n) is 25.5. The molecule has 5 aromatic rings. The Labute approximate surface area is 455 Å². The van der Waals surface area contributed by atoms with Gasteiger partial charge >= 0.3 is 12.2 Å². The third kappa shape index (κ3) is 18.0. The van der Waals surface area contributed by atoms with Crippen molar-refractivity contribution in [2.45, 2.75) is 116 Å². The molecule has 0 aromatic heterocycles. The molecule has 0 unspecified atom stereocenters. The van der Waals surface area contributed by atoms with Crippen LogP contribution in [0.3, 0.4) is 0 Å². The van der Waals surface area contributed by atoms with Crippen molar-refractivity contribution in [1.29, 1.82) is 0 Å². The first-order chi connectivity index (χ1) is 36.6. The minimum Gasteiger partial charge on any atom is -0.489 e. The van der Waals surface area contributed by atoms with E-state index in [9.17, 15) is 24.0 Å². The van der Waals surface area contributed by atoms with Gasteiger partial charge < -0.3 is 51.0 Å². The SMILES string of the molecule is C[C@H](CC(=O)CNC(=O)[C@@H]1Cc2cc(ccc2Cl)-c2ccc(OCc3ccccc3)c(c2)C[C@H](NC(=O)OCc2ccccc2)C(=O)N[C@@H](C[C@H](CNC(=O)OCc2ccccc2)O[Si](C)(C)C(C)(C)C)C(=O)N1)C(N)=O. The van der Waals surface area contributed by atoms with Crippen molar-refractivity contribution in [3.05, 3.63) is 160 Å². The van der Waals surface area contributed by atoms with Crippen LogP contribution in [0.2, 0.25) is 23.2 Å². The molecule has 0 radical (unpaired) electrons. The molecule has 5 atom stereocenters. The number of fused-ring (bicyclic) bond motifs is 5. The number of hydrogen-bond donors (Lipinski definition) is 6. The molecule has 0 saturated carbocycles. The van der Waals surface area contributed by atoms with Crippen molar-refractivity contribution in [1.82, 2.24) is 26.6 Å². The van der Waals surface area contributed by atoms with E-state index in [1.54, 1.807) is 48.5 Å². The third-order valence-corrected chi connectivity index (χ3v) is 18.4. The van der Waals surface area contributed by atoms with Crippen LogP contribution in [-0.4, -0.2) is 87.2 Å². The average molecular weight is 1090 g/mol. The minimum absolute atomic E-state index is 0.0161. The number of hydrogen-bond acceptors (Lipinski definition) is 11. The summed E-state index contributed by atoms with van der Waals surface area (Å²) in [5, 5.41) is 13.7. The number of Topliss-reactive ketones (excluding diaryl/α,β-unsaturated/α-hetero) is 1. The first-order valence-corrected chi connectivity index (χ1v) is 28.8. The second-order valence-corrected chi connectivity index (χ2v) is 25.8. The van der Waals surface area contributed by atoms with Crippen LogP contribution in [0.25, 0.3) is 11.1 Å². The fourth-order valence-corrected chi connectivity index (χ4v) is 9.63. The maximum absolute atomic E-state index is 15.1. The molecule has 0 saturated heterocycles. The first kappa shape index (κ1) is 58.7. The zero-order valence-corrected chi connectivity index (χ0v) is 46.1. The fraction of sp³-hybridized carbons (Fsp3) is 0.362. The maximum Gasteiger partial charge on any atom is 0.408 e. The Morgan fingerprint density at radius 1 is 0.714 bits per heavy atom. The molecule has 6 amide bonds. The summed E-state index contributed by atoms with van der Waals surface area (Å²) in [5.41, 5.74) is 10.0. The van der Waals surface area contributed by atoms with Gasteiger partial charge in [0.1, 0.15) is 43.7 Å². The number of carbonyl (C=O) groups is 7. The molecule has 19 heteroatoms. The molecule has 5 aromatic carbocycles. The van der Waals surface area contributed by atoms with Crippen LogP contribution in [0.1, 0.15) is 68.4 Å². The Balaban J connectivity index is 1.43. The third-order valence-electron chi connectivity index (χ3n) is 13.5. The summed E-state index contributed by atoms with van der Waals surface area (Å²) in [6.07, 6.45) is -3.46. The highest BCUT2D eigenvalue weighted by atomic mass is 35.5. The number of ketones is 1. The van der Waals surface area contributed by atoms with Crippen molar-refractivity contribution in [3.63, 3.8) is 0 Å². The Morgan fingerprint density at radius 2 is 1.27 bits per heavy atom. The molecule has 1 heterocycles. The zero-order valence-electron chi connectivity index (χ0n) is 44.3. The molecule has 1 aliphatic rings. The van der Waals surface area contributed by atoms with E-state index in [-0.39, 0.29) is 62.1 Å². The lowest BCUT2D eigenvalue weighted by Gasteiger charge is -2.40. The molecular weight excluding hydrogens is 1020 g/mol. The normalized spacial score (nSPS) is 16.6. The molecule has 7 N–H and O–H groups in total. The van der Waals surface area contributed by atoms with Gasteiger partial charge in [-0.2, -0.15) is 0 Å². The Hall–Kier alpha value is -7.54. The largest absolute Gasteiger partial charge is 0.489 e. The van der Waals surface area contributed by atoms with Gasteiger partial charge in [-0.05, 0) is 81.3 Å². The molecular formula is C58H69ClN6O11Si. The van der Waals surface area contributed by atoms with Crippen molar-refractivity contribution in [2.24, 2.45) is 11.7 Å². The number of carbonyl (C=O) groups excluding carboxylic acids is 7. The molecule has 0 aliphatic carbocycles. The number of nitrogens with two attached hydrogens (primary N) is 1. The molecule has 17 nitrogen and oxygen atoms in total. The van der Waals surface area contributed by atoms with Crippen LogP contribution < -0.4 is 37.1 Å². The van der Waals surface area contributed by atoms with Crippen LogP contribution in [-0.2, 0) is 70.5 Å². The molecule has 1 aliphatic heterocycles. The fourth-order valence-electron chi connectivity index (χ4n) is 8.07. The van der Waals surface area contributed by atoms with E-state index in [2.05, 4.69) is 26.6 Å². The Kier molecular flexibility index (Phi) is 21.0. The number of ether oxygens (including phenoxy) is 3. The van der Waals surface area contributed by atoms with E-state index < -0.39 is 86.6 Å². The van der Waals surface area contributed by atoms with Crippen molar-refractivity contribution in [2.75, 3.05) is 13.1 Å². The lowest BCUT2D eigenvalue weighted by atomic mass is 9.95. The quantitative estimate of drug-likeness (QED) is 0.0410. The number of alkyl carbamates (subject to hydrolysis) is 2. The summed E-state index contributed by atoms with van der Waals surface area (Å²) in [6.45, 7) is 11.0. The lowest BCUT2D eigenvalue weighted by molar-refractivity contribution is -0.133. The van der Waals surface area contributed by atoms with Gasteiger partial charge in [0.15, 0.2) is 14.1 Å². The molecule has 0 fully saturated rings. The highest BCUT2D eigenvalue weighted by molar-refractivity contribution is 6.74. The highest BCUT2D eigenvalue weighted by Crippen LogP contribution is 2.38. The van der Waals surface area contributed by atoms with Gasteiger partial charge in [0, 0.05) is 43.2 Å². The molecule has 4 bridgehead atoms. The van der Waals surface area contributed by atoms with Gasteiger partial charge in [-0.1, -0.05) is 142 Å². The number of halogens is 1. The van der Waals surface area contributed by atoms with E-state index in [4.69, 9.17) is 36.0 Å². The molecule has 408 valence electrons. The predicted molar refractivity (Wildman–Crippen MR) is 295 cm³/mol. The van der Waals surface area contributed by atoms with Gasteiger partial charge in [-0.15, -0.1) is 0 Å². The number of primary amides is 1. The van der Waals surface area contributed by atoms with Crippen LogP contribution in [0.4, 0.5) is 9.59 Å².